The van der Waals surface area contributed by atoms with Crippen LogP contribution in [-0.4, -0.2) is 14.6 Å². The van der Waals surface area contributed by atoms with Gasteiger partial charge in [0.1, 0.15) is 0 Å². The van der Waals surface area contributed by atoms with E-state index in [1.54, 1.807) is 0 Å². The lowest BCUT2D eigenvalue weighted by atomic mass is 10.1. The number of hydrogen-bond acceptors (Lipinski definition) is 2. The second-order valence-corrected chi connectivity index (χ2v) is 4.18. The first-order valence-electron chi connectivity index (χ1n) is 5.11. The molecule has 2 aromatic heterocycles. The SMILES string of the molecule is C#Cc1nnc2ccc(C3C[C@H]3C)cn12. The quantitative estimate of drug-likeness (QED) is 0.653. The molecular weight excluding hydrogens is 186 g/mol. The molecule has 0 bridgehead atoms. The second-order valence-electron chi connectivity index (χ2n) is 4.18. The van der Waals surface area contributed by atoms with Crippen LogP contribution >= 0.6 is 0 Å². The van der Waals surface area contributed by atoms with E-state index < -0.39 is 0 Å². The van der Waals surface area contributed by atoms with Gasteiger partial charge in [-0.1, -0.05) is 13.0 Å². The van der Waals surface area contributed by atoms with Crippen molar-refractivity contribution in [3.8, 4) is 12.3 Å². The molecule has 1 unspecified atom stereocenters. The zero-order chi connectivity index (χ0) is 10.4. The summed E-state index contributed by atoms with van der Waals surface area (Å²) in [5.41, 5.74) is 2.16. The Morgan fingerprint density at radius 3 is 2.93 bits per heavy atom. The van der Waals surface area contributed by atoms with Gasteiger partial charge in [0.05, 0.1) is 0 Å². The number of aromatic nitrogens is 3. The van der Waals surface area contributed by atoms with Crippen LogP contribution in [0.2, 0.25) is 0 Å². The molecule has 0 N–H and O–H groups in total. The van der Waals surface area contributed by atoms with E-state index in [0.29, 0.717) is 11.7 Å². The van der Waals surface area contributed by atoms with Crippen molar-refractivity contribution >= 4 is 5.65 Å². The highest BCUT2D eigenvalue weighted by atomic mass is 15.2. The lowest BCUT2D eigenvalue weighted by Gasteiger charge is -2.00. The molecule has 3 nitrogen and oxygen atoms in total. The van der Waals surface area contributed by atoms with Crippen LogP contribution in [0.3, 0.4) is 0 Å². The van der Waals surface area contributed by atoms with Crippen molar-refractivity contribution in [2.75, 3.05) is 0 Å². The van der Waals surface area contributed by atoms with E-state index in [1.165, 1.54) is 12.0 Å². The van der Waals surface area contributed by atoms with Gasteiger partial charge in [-0.15, -0.1) is 16.6 Å². The number of pyridine rings is 1. The third-order valence-corrected chi connectivity index (χ3v) is 3.09. The Kier molecular flexibility index (Phi) is 1.60. The summed E-state index contributed by atoms with van der Waals surface area (Å²) < 4.78 is 1.89. The van der Waals surface area contributed by atoms with Gasteiger partial charge in [0.25, 0.3) is 0 Å². The maximum Gasteiger partial charge on any atom is 0.212 e. The Labute approximate surface area is 88.1 Å². The number of nitrogens with zero attached hydrogens (tertiary/aromatic N) is 3. The monoisotopic (exact) mass is 197 g/mol. The van der Waals surface area contributed by atoms with Gasteiger partial charge in [0, 0.05) is 6.20 Å². The van der Waals surface area contributed by atoms with Crippen molar-refractivity contribution in [3.05, 3.63) is 29.7 Å². The van der Waals surface area contributed by atoms with E-state index in [9.17, 15) is 0 Å². The van der Waals surface area contributed by atoms with E-state index in [4.69, 9.17) is 6.42 Å². The van der Waals surface area contributed by atoms with Crippen LogP contribution in [0.15, 0.2) is 18.3 Å². The van der Waals surface area contributed by atoms with E-state index in [-0.39, 0.29) is 0 Å². The van der Waals surface area contributed by atoms with Gasteiger partial charge < -0.3 is 0 Å². The summed E-state index contributed by atoms with van der Waals surface area (Å²) in [6.07, 6.45) is 8.70. The molecule has 0 amide bonds. The first kappa shape index (κ1) is 8.49. The van der Waals surface area contributed by atoms with Crippen molar-refractivity contribution in [3.63, 3.8) is 0 Å². The predicted molar refractivity (Wildman–Crippen MR) is 57.4 cm³/mol. The summed E-state index contributed by atoms with van der Waals surface area (Å²) in [7, 11) is 0. The molecule has 1 aliphatic carbocycles. The number of terminal acetylenes is 1. The summed E-state index contributed by atoms with van der Waals surface area (Å²) in [6, 6.07) is 4.10. The molecule has 1 fully saturated rings. The minimum atomic E-state index is 0.583. The van der Waals surface area contributed by atoms with Crippen LogP contribution in [0, 0.1) is 18.3 Å². The molecule has 74 valence electrons. The molecule has 2 atom stereocenters. The third-order valence-electron chi connectivity index (χ3n) is 3.09. The molecule has 0 radical (unpaired) electrons. The van der Waals surface area contributed by atoms with Crippen LogP contribution in [0.4, 0.5) is 0 Å². The fraction of sp³-hybridized carbons (Fsp3) is 0.333. The van der Waals surface area contributed by atoms with Crippen molar-refractivity contribution in [2.45, 2.75) is 19.3 Å². The Hall–Kier alpha value is -1.82. The minimum Gasteiger partial charge on any atom is -0.275 e. The number of rotatable bonds is 1. The second kappa shape index (κ2) is 2.83. The topological polar surface area (TPSA) is 30.2 Å². The molecule has 0 aliphatic heterocycles. The van der Waals surface area contributed by atoms with Crippen LogP contribution in [0.25, 0.3) is 5.65 Å². The lowest BCUT2D eigenvalue weighted by molar-refractivity contribution is 0.904. The Balaban J connectivity index is 2.16. The summed E-state index contributed by atoms with van der Waals surface area (Å²) in [6.45, 7) is 2.27. The zero-order valence-electron chi connectivity index (χ0n) is 8.51. The average molecular weight is 197 g/mol. The van der Waals surface area contributed by atoms with Gasteiger partial charge in [-0.25, -0.2) is 0 Å². The van der Waals surface area contributed by atoms with Crippen molar-refractivity contribution in [2.24, 2.45) is 5.92 Å². The van der Waals surface area contributed by atoms with E-state index in [1.807, 2.05) is 10.5 Å². The maximum absolute atomic E-state index is 5.36. The summed E-state index contributed by atoms with van der Waals surface area (Å²) in [5.74, 6) is 4.62. The van der Waals surface area contributed by atoms with E-state index in [2.05, 4.69) is 35.3 Å². The molecular formula is C12H11N3. The highest BCUT2D eigenvalue weighted by Gasteiger charge is 2.34. The molecule has 3 heteroatoms. The molecule has 0 aromatic carbocycles. The highest BCUT2D eigenvalue weighted by Crippen LogP contribution is 2.46. The van der Waals surface area contributed by atoms with Crippen LogP contribution < -0.4 is 0 Å². The van der Waals surface area contributed by atoms with Crippen LogP contribution in [0.5, 0.6) is 0 Å². The minimum absolute atomic E-state index is 0.583. The molecule has 2 heterocycles. The van der Waals surface area contributed by atoms with Crippen molar-refractivity contribution < 1.29 is 0 Å². The Morgan fingerprint density at radius 2 is 2.27 bits per heavy atom. The maximum atomic E-state index is 5.36. The summed E-state index contributed by atoms with van der Waals surface area (Å²) in [5, 5.41) is 7.93. The van der Waals surface area contributed by atoms with Gasteiger partial charge in [0.2, 0.25) is 5.82 Å². The lowest BCUT2D eigenvalue weighted by Crippen LogP contribution is -1.92. The molecule has 15 heavy (non-hydrogen) atoms. The molecule has 1 aliphatic rings. The summed E-state index contributed by atoms with van der Waals surface area (Å²) >= 11 is 0. The molecule has 0 spiro atoms. The molecule has 1 saturated carbocycles. The van der Waals surface area contributed by atoms with Crippen LogP contribution in [-0.2, 0) is 0 Å². The number of hydrogen-bond donors (Lipinski definition) is 0. The molecule has 0 saturated heterocycles. The van der Waals surface area contributed by atoms with Gasteiger partial charge in [0.15, 0.2) is 5.65 Å². The van der Waals surface area contributed by atoms with Gasteiger partial charge in [-0.2, -0.15) is 0 Å². The highest BCUT2D eigenvalue weighted by molar-refractivity contribution is 5.43. The molecule has 2 aromatic rings. The first-order chi connectivity index (χ1) is 7.29. The van der Waals surface area contributed by atoms with Gasteiger partial charge in [-0.05, 0) is 35.8 Å². The van der Waals surface area contributed by atoms with Crippen LogP contribution in [0.1, 0.15) is 30.7 Å². The average Bonchev–Trinajstić information content (AvgIpc) is 2.85. The fourth-order valence-electron chi connectivity index (χ4n) is 2.01. The smallest absolute Gasteiger partial charge is 0.212 e. The number of fused-ring (bicyclic) bond motifs is 1. The van der Waals surface area contributed by atoms with E-state index >= 15 is 0 Å². The zero-order valence-corrected chi connectivity index (χ0v) is 8.51. The summed E-state index contributed by atoms with van der Waals surface area (Å²) in [4.78, 5) is 0. The fourth-order valence-corrected chi connectivity index (χ4v) is 2.01. The third kappa shape index (κ3) is 1.22. The van der Waals surface area contributed by atoms with Gasteiger partial charge >= 0.3 is 0 Å². The molecule has 3 rings (SSSR count). The van der Waals surface area contributed by atoms with Gasteiger partial charge in [-0.3, -0.25) is 4.40 Å². The predicted octanol–water partition coefficient (Wildman–Crippen LogP) is 1.83. The standard InChI is InChI=1S/C12H11N3/c1-3-11-13-14-12-5-4-9(7-15(11)12)10-6-8(10)2/h1,4-5,7-8,10H,6H2,2H3/t8-,10?/m1/s1. The Morgan fingerprint density at radius 1 is 1.47 bits per heavy atom. The van der Waals surface area contributed by atoms with Crippen molar-refractivity contribution in [1.29, 1.82) is 0 Å². The normalized spacial score (nSPS) is 24.0. The first-order valence-corrected chi connectivity index (χ1v) is 5.11. The van der Waals surface area contributed by atoms with Crippen molar-refractivity contribution in [1.82, 2.24) is 14.6 Å². The van der Waals surface area contributed by atoms with E-state index in [0.717, 1.165) is 11.6 Å². The Bertz CT molecular complexity index is 562. The largest absolute Gasteiger partial charge is 0.275 e.